The molecule has 0 aromatic carbocycles. The maximum absolute atomic E-state index is 0. The molecule has 0 N–H and O–H groups in total. The van der Waals surface area contributed by atoms with E-state index < -0.39 is 0 Å². The Bertz CT molecular complexity index is 8.00. The molecule has 0 aliphatic rings. The maximum atomic E-state index is 0. The fourth-order valence-corrected chi connectivity index (χ4v) is 0. The van der Waals surface area contributed by atoms with Gasteiger partial charge in [0.15, 0.2) is 0 Å². The largest absolute Gasteiger partial charge is 2.00 e. The zero-order chi connectivity index (χ0) is 0. The zero-order valence-corrected chi connectivity index (χ0v) is 7.27. The van der Waals surface area contributed by atoms with E-state index in [2.05, 4.69) is 0 Å². The van der Waals surface area contributed by atoms with E-state index in [-0.39, 0.29) is 53.4 Å². The molecular weight excluding hydrogens is 163 g/mol. The molecule has 0 rings (SSSR count). The predicted molar refractivity (Wildman–Crippen MR) is 7.61 cm³/mol. The first-order chi connectivity index (χ1) is 0. The summed E-state index contributed by atoms with van der Waals surface area (Å²) < 4.78 is 0. The topological polar surface area (TPSA) is 28.5 Å². The Hall–Kier alpha value is 1.60. The van der Waals surface area contributed by atoms with Crippen LogP contribution in [0.1, 0.15) is 0 Å². The van der Waals surface area contributed by atoms with Crippen LogP contribution >= 0.6 is 9.90 Å². The quantitative estimate of drug-likeness (QED) is 0.372. The standard InChI is InChI=1S/O.P.V.Zn/q-2;;;+2. The predicted octanol–water partition coefficient (Wildman–Crippen LogP) is 0.737. The van der Waals surface area contributed by atoms with Crippen molar-refractivity contribution < 1.29 is 43.5 Å². The summed E-state index contributed by atoms with van der Waals surface area (Å²) >= 11 is 0. The van der Waals surface area contributed by atoms with Gasteiger partial charge in [-0.25, -0.2) is 0 Å². The maximum Gasteiger partial charge on any atom is 2.00 e. The van der Waals surface area contributed by atoms with Crippen LogP contribution in [0.2, 0.25) is 0 Å². The third kappa shape index (κ3) is 9.51. The molecule has 4 heavy (non-hydrogen) atoms. The molecule has 0 saturated carbocycles. The molecule has 18 valence electrons. The first-order valence-corrected chi connectivity index (χ1v) is 0. The van der Waals surface area contributed by atoms with Crippen molar-refractivity contribution in [3.63, 3.8) is 0 Å². The van der Waals surface area contributed by atoms with Crippen molar-refractivity contribution >= 4 is 9.90 Å². The molecule has 0 atom stereocenters. The summed E-state index contributed by atoms with van der Waals surface area (Å²) in [5, 5.41) is 0. The smallest absolute Gasteiger partial charge is 2.00 e. The second-order valence-corrected chi connectivity index (χ2v) is 0. The minimum atomic E-state index is 0. The number of rotatable bonds is 0. The van der Waals surface area contributed by atoms with Gasteiger partial charge in [0, 0.05) is 28.5 Å². The zero-order valence-electron chi connectivity index (χ0n) is 2.01. The molecule has 0 saturated heterocycles. The molecule has 0 fully saturated rings. The van der Waals surface area contributed by atoms with Gasteiger partial charge in [-0.15, -0.1) is 0 Å². The molecule has 1 nitrogen and oxygen atoms in total. The summed E-state index contributed by atoms with van der Waals surface area (Å²) in [6.45, 7) is 0. The molecule has 4 radical (unpaired) electrons. The summed E-state index contributed by atoms with van der Waals surface area (Å²) in [4.78, 5) is 0. The Kier molecular flexibility index (Phi) is 270. The van der Waals surface area contributed by atoms with Gasteiger partial charge in [0.05, 0.1) is 0 Å². The molecular formula is OPVZn. The van der Waals surface area contributed by atoms with E-state index in [9.17, 15) is 0 Å². The average molecular weight is 163 g/mol. The van der Waals surface area contributed by atoms with Crippen molar-refractivity contribution in [1.29, 1.82) is 0 Å². The van der Waals surface area contributed by atoms with E-state index in [1.54, 1.807) is 0 Å². The van der Waals surface area contributed by atoms with Gasteiger partial charge in [0.25, 0.3) is 0 Å². The van der Waals surface area contributed by atoms with Crippen molar-refractivity contribution in [3.8, 4) is 0 Å². The van der Waals surface area contributed by atoms with E-state index in [1.807, 2.05) is 0 Å². The van der Waals surface area contributed by atoms with Crippen LogP contribution in [0.5, 0.6) is 0 Å². The van der Waals surface area contributed by atoms with Crippen molar-refractivity contribution in [3.05, 3.63) is 0 Å². The second-order valence-electron chi connectivity index (χ2n) is 0. The average Bonchev–Trinajstić information content (AvgIpc) is 0. The van der Waals surface area contributed by atoms with Crippen molar-refractivity contribution in [1.82, 2.24) is 0 Å². The minimum absolute atomic E-state index is 0. The van der Waals surface area contributed by atoms with Gasteiger partial charge in [0.2, 0.25) is 0 Å². The minimum Gasteiger partial charge on any atom is -2.00 e. The van der Waals surface area contributed by atoms with Crippen LogP contribution < -0.4 is 0 Å². The summed E-state index contributed by atoms with van der Waals surface area (Å²) in [7, 11) is 0. The van der Waals surface area contributed by atoms with Crippen LogP contribution in [0.25, 0.3) is 0 Å². The molecule has 0 aromatic heterocycles. The van der Waals surface area contributed by atoms with Crippen molar-refractivity contribution in [2.75, 3.05) is 0 Å². The number of hydrogen-bond acceptors (Lipinski definition) is 0. The third-order valence-corrected chi connectivity index (χ3v) is 0. The second kappa shape index (κ2) is 23.3. The summed E-state index contributed by atoms with van der Waals surface area (Å²) in [5.74, 6) is 0. The molecule has 0 heterocycles. The first-order valence-electron chi connectivity index (χ1n) is 0. The summed E-state index contributed by atoms with van der Waals surface area (Å²) in [5.41, 5.74) is 0. The van der Waals surface area contributed by atoms with Crippen LogP contribution in [0.4, 0.5) is 0 Å². The Morgan fingerprint density at radius 1 is 1.00 bits per heavy atom. The van der Waals surface area contributed by atoms with E-state index in [1.165, 1.54) is 0 Å². The van der Waals surface area contributed by atoms with Gasteiger partial charge in [-0.05, 0) is 0 Å². The van der Waals surface area contributed by atoms with E-state index in [4.69, 9.17) is 0 Å². The first kappa shape index (κ1) is 46.4. The molecule has 4 heteroatoms. The fourth-order valence-electron chi connectivity index (χ4n) is 0. The Morgan fingerprint density at radius 3 is 1.00 bits per heavy atom. The SMILES string of the molecule is [O-2].[P].[V].[Zn+2]. The third-order valence-electron chi connectivity index (χ3n) is 0. The normalized spacial score (nSPS) is 0. The van der Waals surface area contributed by atoms with E-state index in [0.717, 1.165) is 0 Å². The molecule has 0 amide bonds. The molecule has 0 bridgehead atoms. The summed E-state index contributed by atoms with van der Waals surface area (Å²) in [6, 6.07) is 0. The van der Waals surface area contributed by atoms with Crippen LogP contribution in [-0.2, 0) is 43.5 Å². The number of hydrogen-bond donors (Lipinski definition) is 0. The van der Waals surface area contributed by atoms with Gasteiger partial charge >= 0.3 is 19.5 Å². The molecule has 0 aliphatic carbocycles. The van der Waals surface area contributed by atoms with Crippen molar-refractivity contribution in [2.45, 2.75) is 0 Å². The van der Waals surface area contributed by atoms with Crippen LogP contribution in [0, 0.1) is 0 Å². The molecule has 0 aromatic rings. The van der Waals surface area contributed by atoms with Gasteiger partial charge in [-0.2, -0.15) is 0 Å². The monoisotopic (exact) mass is 162 g/mol. The van der Waals surface area contributed by atoms with Crippen LogP contribution in [0.15, 0.2) is 0 Å². The Morgan fingerprint density at radius 2 is 1.00 bits per heavy atom. The van der Waals surface area contributed by atoms with Crippen molar-refractivity contribution in [2.24, 2.45) is 0 Å². The van der Waals surface area contributed by atoms with E-state index in [0.29, 0.717) is 0 Å². The summed E-state index contributed by atoms with van der Waals surface area (Å²) in [6.07, 6.45) is 0. The Balaban J connectivity index is 0. The van der Waals surface area contributed by atoms with E-state index >= 15 is 0 Å². The molecule has 0 unspecified atom stereocenters. The van der Waals surface area contributed by atoms with Gasteiger partial charge < -0.3 is 5.48 Å². The molecule has 0 spiro atoms. The fraction of sp³-hybridized carbons (Fsp3) is 0. The Labute approximate surface area is 53.5 Å². The van der Waals surface area contributed by atoms with Gasteiger partial charge in [-0.3, -0.25) is 0 Å². The van der Waals surface area contributed by atoms with Crippen LogP contribution in [-0.4, -0.2) is 0 Å². The van der Waals surface area contributed by atoms with Crippen LogP contribution in [0.3, 0.4) is 0 Å². The molecule has 0 aliphatic heterocycles. The van der Waals surface area contributed by atoms with Gasteiger partial charge in [-0.1, -0.05) is 0 Å². The van der Waals surface area contributed by atoms with Gasteiger partial charge in [0.1, 0.15) is 0 Å².